The van der Waals surface area contributed by atoms with Gasteiger partial charge in [0.05, 0.1) is 19.9 Å². The quantitative estimate of drug-likeness (QED) is 0.830. The number of hydrogen-bond donors (Lipinski definition) is 1. The van der Waals surface area contributed by atoms with Crippen LogP contribution in [0, 0.1) is 0 Å². The van der Waals surface area contributed by atoms with Crippen LogP contribution in [0.2, 0.25) is 0 Å². The van der Waals surface area contributed by atoms with Crippen LogP contribution in [0.3, 0.4) is 0 Å². The van der Waals surface area contributed by atoms with Crippen molar-refractivity contribution >= 4 is 23.7 Å². The molecule has 2 amide bonds. The Balaban J connectivity index is 2.02. The lowest BCUT2D eigenvalue weighted by atomic mass is 9.99. The van der Waals surface area contributed by atoms with Crippen LogP contribution in [0.5, 0.6) is 11.5 Å². The summed E-state index contributed by atoms with van der Waals surface area (Å²) < 4.78 is 10.7. The zero-order chi connectivity index (χ0) is 20.3. The predicted octanol–water partition coefficient (Wildman–Crippen LogP) is 2.20. The molecule has 146 valence electrons. The molecule has 1 heterocycles. The molecule has 28 heavy (non-hydrogen) atoms. The standard InChI is InChI=1S/C21H23N3O4/c1-4-24-17-11-19(28-3)18(27-2)10-14(17)12-23-16(21(24)26)9-13-7-5-6-8-15(13)20(22)25/h5-8,10-12,16H,4,9H2,1-3H3,(H2,22,25). The number of fused-ring (bicyclic) bond motifs is 1. The fourth-order valence-electron chi connectivity index (χ4n) is 3.37. The first-order valence-corrected chi connectivity index (χ1v) is 8.98. The Labute approximate surface area is 163 Å². The molecule has 1 aliphatic rings. The van der Waals surface area contributed by atoms with Gasteiger partial charge in [-0.3, -0.25) is 14.6 Å². The number of nitrogens with zero attached hydrogens (tertiary/aromatic N) is 2. The molecule has 0 bridgehead atoms. The van der Waals surface area contributed by atoms with Crippen molar-refractivity contribution in [3.05, 3.63) is 53.1 Å². The number of amides is 2. The number of methoxy groups -OCH3 is 2. The van der Waals surface area contributed by atoms with Gasteiger partial charge in [0, 0.05) is 36.4 Å². The Kier molecular flexibility index (Phi) is 5.63. The van der Waals surface area contributed by atoms with E-state index >= 15 is 0 Å². The molecule has 0 radical (unpaired) electrons. The topological polar surface area (TPSA) is 94.2 Å². The number of benzodiazepines with no additional fused rings is 1. The van der Waals surface area contributed by atoms with Gasteiger partial charge in [0.2, 0.25) is 5.91 Å². The molecule has 0 spiro atoms. The highest BCUT2D eigenvalue weighted by Gasteiger charge is 2.29. The van der Waals surface area contributed by atoms with Crippen molar-refractivity contribution in [2.45, 2.75) is 19.4 Å². The Morgan fingerprint density at radius 3 is 2.50 bits per heavy atom. The highest BCUT2D eigenvalue weighted by atomic mass is 16.5. The molecular weight excluding hydrogens is 358 g/mol. The number of anilines is 1. The number of primary amides is 1. The molecule has 2 aromatic carbocycles. The zero-order valence-corrected chi connectivity index (χ0v) is 16.1. The summed E-state index contributed by atoms with van der Waals surface area (Å²) in [6, 6.07) is 9.93. The second-order valence-corrected chi connectivity index (χ2v) is 6.37. The van der Waals surface area contributed by atoms with Crippen molar-refractivity contribution in [3.63, 3.8) is 0 Å². The summed E-state index contributed by atoms with van der Waals surface area (Å²) in [4.78, 5) is 31.1. The van der Waals surface area contributed by atoms with Crippen LogP contribution in [0.4, 0.5) is 5.69 Å². The maximum Gasteiger partial charge on any atom is 0.252 e. The van der Waals surface area contributed by atoms with E-state index < -0.39 is 11.9 Å². The number of carbonyl (C=O) groups is 2. The maximum absolute atomic E-state index is 13.2. The van der Waals surface area contributed by atoms with E-state index in [-0.39, 0.29) is 12.3 Å². The molecule has 0 fully saturated rings. The number of nitrogens with two attached hydrogens (primary N) is 1. The van der Waals surface area contributed by atoms with Gasteiger partial charge in [-0.2, -0.15) is 0 Å². The summed E-state index contributed by atoms with van der Waals surface area (Å²) >= 11 is 0. The Hall–Kier alpha value is -3.35. The van der Waals surface area contributed by atoms with Gasteiger partial charge in [-0.1, -0.05) is 18.2 Å². The van der Waals surface area contributed by atoms with Crippen molar-refractivity contribution in [1.29, 1.82) is 0 Å². The maximum atomic E-state index is 13.2. The summed E-state index contributed by atoms with van der Waals surface area (Å²) in [6.45, 7) is 2.37. The normalized spacial score (nSPS) is 15.8. The van der Waals surface area contributed by atoms with Crippen molar-refractivity contribution in [2.24, 2.45) is 10.7 Å². The van der Waals surface area contributed by atoms with Gasteiger partial charge in [0.15, 0.2) is 11.5 Å². The number of likely N-dealkylation sites (N-methyl/N-ethyl adjacent to an activating group) is 1. The third-order valence-electron chi connectivity index (χ3n) is 4.78. The smallest absolute Gasteiger partial charge is 0.252 e. The second-order valence-electron chi connectivity index (χ2n) is 6.37. The monoisotopic (exact) mass is 381 g/mol. The summed E-state index contributed by atoms with van der Waals surface area (Å²) in [5.41, 5.74) is 8.04. The number of ether oxygens (including phenoxy) is 2. The minimum atomic E-state index is -0.662. The highest BCUT2D eigenvalue weighted by Crippen LogP contribution is 2.36. The van der Waals surface area contributed by atoms with Crippen LogP contribution in [-0.2, 0) is 11.2 Å². The molecule has 1 unspecified atom stereocenters. The lowest BCUT2D eigenvalue weighted by molar-refractivity contribution is -0.119. The van der Waals surface area contributed by atoms with E-state index in [2.05, 4.69) is 4.99 Å². The molecular formula is C21H23N3O4. The Morgan fingerprint density at radius 2 is 1.86 bits per heavy atom. The number of rotatable bonds is 6. The molecule has 7 heteroatoms. The fraction of sp³-hybridized carbons (Fsp3) is 0.286. The average molecular weight is 381 g/mol. The SMILES string of the molecule is CCN1C(=O)C(Cc2ccccc2C(N)=O)N=Cc2cc(OC)c(OC)cc21. The van der Waals surface area contributed by atoms with Crippen molar-refractivity contribution < 1.29 is 19.1 Å². The lowest BCUT2D eigenvalue weighted by Crippen LogP contribution is -2.39. The van der Waals surface area contributed by atoms with E-state index in [1.54, 1.807) is 55.7 Å². The molecule has 0 aromatic heterocycles. The summed E-state index contributed by atoms with van der Waals surface area (Å²) in [5, 5.41) is 0. The van der Waals surface area contributed by atoms with Crippen LogP contribution in [-0.4, -0.2) is 44.8 Å². The number of aliphatic imine (C=N–C) groups is 1. The molecule has 2 N–H and O–H groups in total. The minimum Gasteiger partial charge on any atom is -0.493 e. The van der Waals surface area contributed by atoms with Crippen molar-refractivity contribution in [1.82, 2.24) is 0 Å². The van der Waals surface area contributed by atoms with Crippen molar-refractivity contribution in [3.8, 4) is 11.5 Å². The largest absolute Gasteiger partial charge is 0.493 e. The van der Waals surface area contributed by atoms with E-state index in [9.17, 15) is 9.59 Å². The van der Waals surface area contributed by atoms with Crippen molar-refractivity contribution in [2.75, 3.05) is 25.7 Å². The average Bonchev–Trinajstić information content (AvgIpc) is 2.83. The first-order valence-electron chi connectivity index (χ1n) is 8.98. The molecule has 7 nitrogen and oxygen atoms in total. The molecule has 0 saturated carbocycles. The highest BCUT2D eigenvalue weighted by molar-refractivity contribution is 6.06. The van der Waals surface area contributed by atoms with Crippen LogP contribution in [0.25, 0.3) is 0 Å². The van der Waals surface area contributed by atoms with Gasteiger partial charge in [-0.25, -0.2) is 0 Å². The number of carbonyl (C=O) groups excluding carboxylic acids is 2. The summed E-state index contributed by atoms with van der Waals surface area (Å²) in [7, 11) is 3.11. The van der Waals surface area contributed by atoms with E-state index in [1.807, 2.05) is 13.0 Å². The molecule has 1 aliphatic heterocycles. The van der Waals surface area contributed by atoms with E-state index in [4.69, 9.17) is 15.2 Å². The minimum absolute atomic E-state index is 0.149. The lowest BCUT2D eigenvalue weighted by Gasteiger charge is -2.25. The van der Waals surface area contributed by atoms with Gasteiger partial charge < -0.3 is 20.1 Å². The second kappa shape index (κ2) is 8.12. The van der Waals surface area contributed by atoms with Crippen LogP contribution >= 0.6 is 0 Å². The Bertz CT molecular complexity index is 939. The van der Waals surface area contributed by atoms with Gasteiger partial charge in [-0.05, 0) is 24.6 Å². The molecule has 0 saturated heterocycles. The molecule has 2 aromatic rings. The summed E-state index contributed by atoms with van der Waals surface area (Å²) in [6.07, 6.45) is 1.95. The zero-order valence-electron chi connectivity index (χ0n) is 16.1. The van der Waals surface area contributed by atoms with E-state index in [0.717, 1.165) is 5.56 Å². The van der Waals surface area contributed by atoms with Gasteiger partial charge in [0.1, 0.15) is 6.04 Å². The predicted molar refractivity (Wildman–Crippen MR) is 108 cm³/mol. The van der Waals surface area contributed by atoms with E-state index in [1.165, 1.54) is 0 Å². The molecule has 0 aliphatic carbocycles. The van der Waals surface area contributed by atoms with Crippen LogP contribution in [0.15, 0.2) is 41.4 Å². The molecule has 1 atom stereocenters. The number of benzene rings is 2. The first kappa shape index (κ1) is 19.4. The Morgan fingerprint density at radius 1 is 1.18 bits per heavy atom. The fourth-order valence-corrected chi connectivity index (χ4v) is 3.37. The van der Waals surface area contributed by atoms with E-state index in [0.29, 0.717) is 34.9 Å². The van der Waals surface area contributed by atoms with Gasteiger partial charge in [-0.15, -0.1) is 0 Å². The number of hydrogen-bond acceptors (Lipinski definition) is 5. The third-order valence-corrected chi connectivity index (χ3v) is 4.78. The van der Waals surface area contributed by atoms with Gasteiger partial charge in [0.25, 0.3) is 5.91 Å². The molecule has 3 rings (SSSR count). The summed E-state index contributed by atoms with van der Waals surface area (Å²) in [5.74, 6) is 0.432. The van der Waals surface area contributed by atoms with Gasteiger partial charge >= 0.3 is 0 Å². The first-order chi connectivity index (χ1) is 13.5. The van der Waals surface area contributed by atoms with Crippen LogP contribution in [0.1, 0.15) is 28.4 Å². The third kappa shape index (κ3) is 3.55. The van der Waals surface area contributed by atoms with Crippen LogP contribution < -0.4 is 20.1 Å².